The van der Waals surface area contributed by atoms with Gasteiger partial charge in [0.2, 0.25) is 5.91 Å². The molecule has 2 aliphatic rings. The van der Waals surface area contributed by atoms with Crippen molar-refractivity contribution in [2.45, 2.75) is 31.9 Å². The van der Waals surface area contributed by atoms with E-state index in [0.717, 1.165) is 45.0 Å². The minimum absolute atomic E-state index is 0. The molecule has 1 aliphatic heterocycles. The first kappa shape index (κ1) is 23.7. The van der Waals surface area contributed by atoms with Gasteiger partial charge in [-0.2, -0.15) is 0 Å². The first-order valence-corrected chi connectivity index (χ1v) is 9.93. The molecule has 9 heteroatoms. The molecule has 1 atom stereocenters. The van der Waals surface area contributed by atoms with Crippen LogP contribution in [-0.2, 0) is 4.79 Å². The molecule has 0 aromatic heterocycles. The van der Waals surface area contributed by atoms with E-state index in [-0.39, 0.29) is 47.6 Å². The van der Waals surface area contributed by atoms with Crippen LogP contribution in [0.2, 0.25) is 0 Å². The molecule has 0 spiro atoms. The molecule has 0 bridgehead atoms. The highest BCUT2D eigenvalue weighted by atomic mass is 127. The van der Waals surface area contributed by atoms with Crippen LogP contribution in [-0.4, -0.2) is 80.1 Å². The van der Waals surface area contributed by atoms with E-state index in [9.17, 15) is 9.18 Å². The van der Waals surface area contributed by atoms with Crippen LogP contribution in [0.4, 0.5) is 4.39 Å². The molecule has 1 saturated heterocycles. The zero-order valence-electron chi connectivity index (χ0n) is 17.1. The molecule has 2 N–H and O–H groups in total. The maximum atomic E-state index is 13.7. The van der Waals surface area contributed by atoms with Crippen LogP contribution in [0.3, 0.4) is 0 Å². The third-order valence-corrected chi connectivity index (χ3v) is 4.91. The van der Waals surface area contributed by atoms with Crippen molar-refractivity contribution in [1.82, 2.24) is 20.4 Å². The average molecular weight is 519 g/mol. The maximum Gasteiger partial charge on any atom is 0.234 e. The van der Waals surface area contributed by atoms with Crippen LogP contribution in [0.1, 0.15) is 19.8 Å². The fourth-order valence-electron chi connectivity index (χ4n) is 3.19. The minimum atomic E-state index is -0.361. The SMILES string of the molecule is CN=C(NCC(C)Oc1ccccc1F)N1CCN(CC(=O)NC2CC2)CC1.I. The van der Waals surface area contributed by atoms with Gasteiger partial charge >= 0.3 is 0 Å². The Labute approximate surface area is 189 Å². The first-order valence-electron chi connectivity index (χ1n) is 9.93. The number of benzene rings is 1. The van der Waals surface area contributed by atoms with Crippen molar-refractivity contribution in [1.29, 1.82) is 0 Å². The number of hydrogen-bond donors (Lipinski definition) is 2. The molecule has 1 aromatic rings. The van der Waals surface area contributed by atoms with Crippen molar-refractivity contribution < 1.29 is 13.9 Å². The average Bonchev–Trinajstić information content (AvgIpc) is 3.49. The molecule has 0 radical (unpaired) electrons. The Morgan fingerprint density at radius 2 is 1.97 bits per heavy atom. The summed E-state index contributed by atoms with van der Waals surface area (Å²) in [7, 11) is 1.75. The highest BCUT2D eigenvalue weighted by molar-refractivity contribution is 14.0. The second-order valence-corrected chi connectivity index (χ2v) is 7.39. The van der Waals surface area contributed by atoms with Crippen molar-refractivity contribution in [3.05, 3.63) is 30.1 Å². The van der Waals surface area contributed by atoms with Gasteiger partial charge in [0.25, 0.3) is 0 Å². The molecule has 1 heterocycles. The fourth-order valence-corrected chi connectivity index (χ4v) is 3.19. The maximum absolute atomic E-state index is 13.7. The summed E-state index contributed by atoms with van der Waals surface area (Å²) in [4.78, 5) is 20.6. The Bertz CT molecular complexity index is 693. The Kier molecular flexibility index (Phi) is 9.41. The smallest absolute Gasteiger partial charge is 0.234 e. The number of para-hydroxylation sites is 1. The summed E-state index contributed by atoms with van der Waals surface area (Å²) in [6.07, 6.45) is 2.02. The van der Waals surface area contributed by atoms with E-state index < -0.39 is 0 Å². The number of guanidine groups is 1. The van der Waals surface area contributed by atoms with Crippen molar-refractivity contribution in [3.63, 3.8) is 0 Å². The van der Waals surface area contributed by atoms with Crippen LogP contribution in [0.15, 0.2) is 29.3 Å². The molecular weight excluding hydrogens is 488 g/mol. The molecule has 1 amide bonds. The van der Waals surface area contributed by atoms with Crippen molar-refractivity contribution in [3.8, 4) is 5.75 Å². The molecule has 2 fully saturated rings. The molecule has 1 aromatic carbocycles. The highest BCUT2D eigenvalue weighted by Gasteiger charge is 2.26. The fraction of sp³-hybridized carbons (Fsp3) is 0.600. The summed E-state index contributed by atoms with van der Waals surface area (Å²) >= 11 is 0. The second kappa shape index (κ2) is 11.5. The van der Waals surface area contributed by atoms with Gasteiger partial charge in [-0.1, -0.05) is 12.1 Å². The number of nitrogens with one attached hydrogen (secondary N) is 2. The number of carbonyl (C=O) groups excluding carboxylic acids is 1. The molecule has 1 unspecified atom stereocenters. The van der Waals surface area contributed by atoms with E-state index in [0.29, 0.717) is 19.1 Å². The molecule has 1 aliphatic carbocycles. The van der Waals surface area contributed by atoms with E-state index >= 15 is 0 Å². The van der Waals surface area contributed by atoms with Crippen molar-refractivity contribution >= 4 is 35.8 Å². The van der Waals surface area contributed by atoms with E-state index in [2.05, 4.69) is 25.4 Å². The van der Waals surface area contributed by atoms with Gasteiger partial charge in [0.15, 0.2) is 17.5 Å². The van der Waals surface area contributed by atoms with Gasteiger partial charge in [-0.15, -0.1) is 24.0 Å². The Hall–Kier alpha value is -1.62. The number of carbonyl (C=O) groups is 1. The van der Waals surface area contributed by atoms with E-state index in [1.165, 1.54) is 6.07 Å². The summed E-state index contributed by atoms with van der Waals surface area (Å²) in [6.45, 7) is 6.12. The number of aliphatic imine (C=N–C) groups is 1. The van der Waals surface area contributed by atoms with Crippen LogP contribution in [0, 0.1) is 5.82 Å². The van der Waals surface area contributed by atoms with Crippen LogP contribution in [0.25, 0.3) is 0 Å². The predicted octanol–water partition coefficient (Wildman–Crippen LogP) is 1.68. The molecule has 1 saturated carbocycles. The standard InChI is InChI=1S/C20H30FN5O2.HI/c1-15(28-18-6-4-3-5-17(18)21)13-23-20(22-2)26-11-9-25(10-12-26)14-19(27)24-16-7-8-16;/h3-6,15-16H,7-14H2,1-2H3,(H,22,23)(H,24,27);1H. The quantitative estimate of drug-likeness (QED) is 0.326. The van der Waals surface area contributed by atoms with Gasteiger partial charge in [0.05, 0.1) is 13.1 Å². The van der Waals surface area contributed by atoms with E-state index in [4.69, 9.17) is 4.74 Å². The normalized spacial score (nSPS) is 18.6. The summed E-state index contributed by atoms with van der Waals surface area (Å²) in [5.41, 5.74) is 0. The first-order chi connectivity index (χ1) is 13.5. The number of nitrogens with zero attached hydrogens (tertiary/aromatic N) is 3. The summed E-state index contributed by atoms with van der Waals surface area (Å²) in [6, 6.07) is 6.81. The number of ether oxygens (including phenoxy) is 1. The lowest BCUT2D eigenvalue weighted by Gasteiger charge is -2.36. The lowest BCUT2D eigenvalue weighted by Crippen LogP contribution is -2.54. The largest absolute Gasteiger partial charge is 0.486 e. The number of piperazine rings is 1. The number of halogens is 2. The summed E-state index contributed by atoms with van der Waals surface area (Å²) in [5, 5.41) is 6.33. The third-order valence-electron chi connectivity index (χ3n) is 4.91. The zero-order valence-corrected chi connectivity index (χ0v) is 19.4. The monoisotopic (exact) mass is 519 g/mol. The van der Waals surface area contributed by atoms with E-state index in [1.807, 2.05) is 6.92 Å². The van der Waals surface area contributed by atoms with E-state index in [1.54, 1.807) is 25.2 Å². The molecule has 29 heavy (non-hydrogen) atoms. The Balaban J connectivity index is 0.00000300. The van der Waals surface area contributed by atoms with Crippen molar-refractivity contribution in [2.24, 2.45) is 4.99 Å². The van der Waals surface area contributed by atoms with Gasteiger partial charge in [0, 0.05) is 39.3 Å². The van der Waals surface area contributed by atoms with Crippen LogP contribution >= 0.6 is 24.0 Å². The van der Waals surface area contributed by atoms with Gasteiger partial charge in [0.1, 0.15) is 6.10 Å². The number of hydrogen-bond acceptors (Lipinski definition) is 4. The van der Waals surface area contributed by atoms with Gasteiger partial charge in [-0.3, -0.25) is 14.7 Å². The Morgan fingerprint density at radius 1 is 1.28 bits per heavy atom. The molecule has 3 rings (SSSR count). The summed E-state index contributed by atoms with van der Waals surface area (Å²) in [5.74, 6) is 0.814. The zero-order chi connectivity index (χ0) is 19.9. The van der Waals surface area contributed by atoms with Gasteiger partial charge in [-0.25, -0.2) is 4.39 Å². The molecule has 7 nitrogen and oxygen atoms in total. The van der Waals surface area contributed by atoms with Crippen LogP contribution < -0.4 is 15.4 Å². The third kappa shape index (κ3) is 7.61. The van der Waals surface area contributed by atoms with Gasteiger partial charge in [-0.05, 0) is 31.9 Å². The predicted molar refractivity (Wildman–Crippen MR) is 122 cm³/mol. The summed E-state index contributed by atoms with van der Waals surface area (Å²) < 4.78 is 19.4. The van der Waals surface area contributed by atoms with Crippen LogP contribution in [0.5, 0.6) is 5.75 Å². The molecule has 162 valence electrons. The van der Waals surface area contributed by atoms with Crippen molar-refractivity contribution in [2.75, 3.05) is 46.3 Å². The topological polar surface area (TPSA) is 69.2 Å². The lowest BCUT2D eigenvalue weighted by molar-refractivity contribution is -0.122. The number of rotatable bonds is 7. The van der Waals surface area contributed by atoms with Gasteiger partial charge < -0.3 is 20.3 Å². The Morgan fingerprint density at radius 3 is 2.59 bits per heavy atom. The minimum Gasteiger partial charge on any atom is -0.486 e. The lowest BCUT2D eigenvalue weighted by atomic mass is 10.3. The second-order valence-electron chi connectivity index (χ2n) is 7.39. The highest BCUT2D eigenvalue weighted by Crippen LogP contribution is 2.18. The number of amides is 1. The molecular formula is C20H31FIN5O2.